The molecule has 0 amide bonds. The van der Waals surface area contributed by atoms with Crippen LogP contribution in [-0.2, 0) is 4.57 Å². The largest absolute Gasteiger partial charge is 0.443 e. The normalized spacial score (nSPS) is 11.3. The second-order valence-corrected chi connectivity index (χ2v) is 6.37. The molecule has 15 heavy (non-hydrogen) atoms. The first-order valence-corrected chi connectivity index (χ1v) is 7.52. The lowest BCUT2D eigenvalue weighted by atomic mass is 10.3. The summed E-state index contributed by atoms with van der Waals surface area (Å²) in [7, 11) is -2.44. The van der Waals surface area contributed by atoms with Crippen LogP contribution in [0.15, 0.2) is 30.3 Å². The lowest BCUT2D eigenvalue weighted by molar-refractivity contribution is 0.479. The van der Waals surface area contributed by atoms with Gasteiger partial charge in [-0.25, -0.2) is 0 Å². The first-order valence-electron chi connectivity index (χ1n) is 5.53. The summed E-state index contributed by atoms with van der Waals surface area (Å²) < 4.78 is 18.0. The molecule has 1 aromatic carbocycles. The van der Waals surface area contributed by atoms with Gasteiger partial charge in [0.15, 0.2) is 0 Å². The van der Waals surface area contributed by atoms with E-state index in [-0.39, 0.29) is 0 Å². The number of hydrogen-bond donors (Lipinski definition) is 0. The molecule has 0 bridgehead atoms. The highest BCUT2D eigenvalue weighted by Gasteiger charge is 2.21. The zero-order valence-electron chi connectivity index (χ0n) is 9.48. The summed E-state index contributed by atoms with van der Waals surface area (Å²) in [5.41, 5.74) is 0. The van der Waals surface area contributed by atoms with E-state index in [4.69, 9.17) is 4.52 Å². The summed E-state index contributed by atoms with van der Waals surface area (Å²) in [6.45, 7) is 4.08. The van der Waals surface area contributed by atoms with E-state index >= 15 is 0 Å². The third-order valence-electron chi connectivity index (χ3n) is 2.14. The zero-order valence-corrected chi connectivity index (χ0v) is 10.4. The van der Waals surface area contributed by atoms with Crippen molar-refractivity contribution >= 4 is 7.37 Å². The van der Waals surface area contributed by atoms with Gasteiger partial charge in [-0.05, 0) is 25.0 Å². The molecule has 0 heterocycles. The Kier molecular flexibility index (Phi) is 4.90. The van der Waals surface area contributed by atoms with Gasteiger partial charge >= 0.3 is 0 Å². The van der Waals surface area contributed by atoms with Crippen molar-refractivity contribution in [3.63, 3.8) is 0 Å². The van der Waals surface area contributed by atoms with Gasteiger partial charge in [-0.2, -0.15) is 0 Å². The van der Waals surface area contributed by atoms with E-state index in [1.165, 1.54) is 0 Å². The summed E-state index contributed by atoms with van der Waals surface area (Å²) >= 11 is 0. The average molecular weight is 226 g/mol. The molecule has 0 aromatic heterocycles. The lowest BCUT2D eigenvalue weighted by Crippen LogP contribution is -2.01. The van der Waals surface area contributed by atoms with Crippen LogP contribution in [-0.4, -0.2) is 12.3 Å². The fourth-order valence-electron chi connectivity index (χ4n) is 1.56. The summed E-state index contributed by atoms with van der Waals surface area (Å²) in [6, 6.07) is 9.45. The Bertz CT molecular complexity index is 312. The number of para-hydroxylation sites is 1. The van der Waals surface area contributed by atoms with Gasteiger partial charge in [0.2, 0.25) is 7.37 Å². The Morgan fingerprint density at radius 3 is 2.07 bits per heavy atom. The summed E-state index contributed by atoms with van der Waals surface area (Å²) in [5.74, 6) is 0.725. The monoisotopic (exact) mass is 226 g/mol. The van der Waals surface area contributed by atoms with E-state index < -0.39 is 7.37 Å². The molecule has 2 nitrogen and oxygen atoms in total. The SMILES string of the molecule is CCCP(=O)(CCC)Oc1ccccc1. The van der Waals surface area contributed by atoms with Crippen molar-refractivity contribution in [1.29, 1.82) is 0 Å². The molecule has 0 aliphatic rings. The standard InChI is InChI=1S/C12H19O2P/c1-3-10-15(13,11-4-2)14-12-8-6-5-7-9-12/h5-9H,3-4,10-11H2,1-2H3. The van der Waals surface area contributed by atoms with Gasteiger partial charge in [0.25, 0.3) is 0 Å². The van der Waals surface area contributed by atoms with Crippen molar-refractivity contribution in [2.75, 3.05) is 12.3 Å². The summed E-state index contributed by atoms with van der Waals surface area (Å²) in [4.78, 5) is 0. The third kappa shape index (κ3) is 4.09. The van der Waals surface area contributed by atoms with Crippen LogP contribution in [0.3, 0.4) is 0 Å². The van der Waals surface area contributed by atoms with Crippen molar-refractivity contribution in [3.05, 3.63) is 30.3 Å². The maximum absolute atomic E-state index is 12.4. The molecular weight excluding hydrogens is 207 g/mol. The van der Waals surface area contributed by atoms with Gasteiger partial charge in [-0.1, -0.05) is 32.0 Å². The van der Waals surface area contributed by atoms with E-state index in [1.54, 1.807) is 0 Å². The third-order valence-corrected chi connectivity index (χ3v) is 4.94. The second-order valence-electron chi connectivity index (χ2n) is 3.67. The molecule has 0 saturated heterocycles. The van der Waals surface area contributed by atoms with Crippen molar-refractivity contribution in [3.8, 4) is 5.75 Å². The van der Waals surface area contributed by atoms with E-state index in [0.29, 0.717) is 12.3 Å². The molecule has 0 saturated carbocycles. The van der Waals surface area contributed by atoms with Crippen molar-refractivity contribution in [1.82, 2.24) is 0 Å². The van der Waals surface area contributed by atoms with Gasteiger partial charge in [-0.15, -0.1) is 0 Å². The minimum Gasteiger partial charge on any atom is -0.443 e. The van der Waals surface area contributed by atoms with Crippen LogP contribution in [0.2, 0.25) is 0 Å². The highest BCUT2D eigenvalue weighted by atomic mass is 31.2. The average Bonchev–Trinajstić information content (AvgIpc) is 2.19. The quantitative estimate of drug-likeness (QED) is 0.680. The predicted molar refractivity (Wildman–Crippen MR) is 65.0 cm³/mol. The maximum atomic E-state index is 12.4. The molecule has 0 N–H and O–H groups in total. The van der Waals surface area contributed by atoms with Crippen LogP contribution in [0.4, 0.5) is 0 Å². The van der Waals surface area contributed by atoms with Gasteiger partial charge in [0, 0.05) is 12.3 Å². The molecular formula is C12H19O2P. The van der Waals surface area contributed by atoms with Crippen LogP contribution in [0.5, 0.6) is 5.75 Å². The van der Waals surface area contributed by atoms with Crippen molar-refractivity contribution < 1.29 is 9.09 Å². The van der Waals surface area contributed by atoms with Crippen LogP contribution in [0.1, 0.15) is 26.7 Å². The summed E-state index contributed by atoms with van der Waals surface area (Å²) in [6.07, 6.45) is 3.17. The molecule has 0 aliphatic carbocycles. The Morgan fingerprint density at radius 2 is 1.60 bits per heavy atom. The molecule has 0 fully saturated rings. The highest BCUT2D eigenvalue weighted by molar-refractivity contribution is 7.59. The Morgan fingerprint density at radius 1 is 1.07 bits per heavy atom. The Labute approximate surface area is 92.1 Å². The minimum atomic E-state index is -2.44. The van der Waals surface area contributed by atoms with Crippen LogP contribution < -0.4 is 4.52 Å². The fraction of sp³-hybridized carbons (Fsp3) is 0.500. The molecule has 1 rings (SSSR count). The molecule has 1 aromatic rings. The highest BCUT2D eigenvalue weighted by Crippen LogP contribution is 2.47. The molecule has 0 radical (unpaired) electrons. The van der Waals surface area contributed by atoms with Crippen LogP contribution >= 0.6 is 7.37 Å². The van der Waals surface area contributed by atoms with E-state index in [1.807, 2.05) is 44.2 Å². The Hall–Kier alpha value is -0.750. The number of benzene rings is 1. The molecule has 0 spiro atoms. The molecule has 3 heteroatoms. The van der Waals surface area contributed by atoms with Crippen LogP contribution in [0.25, 0.3) is 0 Å². The van der Waals surface area contributed by atoms with Gasteiger partial charge < -0.3 is 4.52 Å². The van der Waals surface area contributed by atoms with Crippen molar-refractivity contribution in [2.45, 2.75) is 26.7 Å². The molecule has 0 aliphatic heterocycles. The lowest BCUT2D eigenvalue weighted by Gasteiger charge is -2.18. The van der Waals surface area contributed by atoms with E-state index in [2.05, 4.69) is 0 Å². The van der Waals surface area contributed by atoms with E-state index in [9.17, 15) is 4.57 Å². The van der Waals surface area contributed by atoms with E-state index in [0.717, 1.165) is 18.6 Å². The minimum absolute atomic E-state index is 0.676. The molecule has 84 valence electrons. The smallest absolute Gasteiger partial charge is 0.247 e. The zero-order chi connectivity index (χ0) is 11.1. The van der Waals surface area contributed by atoms with Crippen molar-refractivity contribution in [2.24, 2.45) is 0 Å². The summed E-state index contributed by atoms with van der Waals surface area (Å²) in [5, 5.41) is 0. The molecule has 0 atom stereocenters. The maximum Gasteiger partial charge on any atom is 0.247 e. The van der Waals surface area contributed by atoms with Gasteiger partial charge in [0.1, 0.15) is 5.75 Å². The topological polar surface area (TPSA) is 26.3 Å². The van der Waals surface area contributed by atoms with Gasteiger partial charge in [0.05, 0.1) is 0 Å². The number of hydrogen-bond acceptors (Lipinski definition) is 2. The Balaban J connectivity index is 2.71. The first-order chi connectivity index (χ1) is 7.20. The first kappa shape index (κ1) is 12.3. The van der Waals surface area contributed by atoms with Crippen LogP contribution in [0, 0.1) is 0 Å². The van der Waals surface area contributed by atoms with Gasteiger partial charge in [-0.3, -0.25) is 4.57 Å². The molecule has 0 unspecified atom stereocenters. The second kappa shape index (κ2) is 5.97. The fourth-order valence-corrected chi connectivity index (χ4v) is 3.83. The predicted octanol–water partition coefficient (Wildman–Crippen LogP) is 4.16. The number of rotatable bonds is 6.